The van der Waals surface area contributed by atoms with Crippen molar-refractivity contribution in [1.82, 2.24) is 9.80 Å². The van der Waals surface area contributed by atoms with E-state index in [1.807, 2.05) is 18.2 Å². The summed E-state index contributed by atoms with van der Waals surface area (Å²) in [5, 5.41) is 3.08. The molecule has 0 aliphatic carbocycles. The fraction of sp³-hybridized carbons (Fsp3) is 0.267. The maximum atomic E-state index is 12.4. The zero-order chi connectivity index (χ0) is 16.5. The first kappa shape index (κ1) is 17.8. The van der Waals surface area contributed by atoms with Gasteiger partial charge in [-0.2, -0.15) is 4.99 Å². The number of hydrogen-bond donors (Lipinski definition) is 1. The van der Waals surface area contributed by atoms with Gasteiger partial charge in [0.25, 0.3) is 0 Å². The third-order valence-electron chi connectivity index (χ3n) is 2.57. The smallest absolute Gasteiger partial charge is 0.329 e. The zero-order valence-electron chi connectivity index (χ0n) is 12.9. The van der Waals surface area contributed by atoms with Crippen LogP contribution in [0.3, 0.4) is 0 Å². The molecule has 0 aliphatic heterocycles. The number of anilines is 1. The van der Waals surface area contributed by atoms with Gasteiger partial charge in [-0.05, 0) is 18.4 Å². The molecular formula is C15H20N4O2S. The average molecular weight is 320 g/mol. The number of amides is 4. The molecule has 6 nitrogen and oxygen atoms in total. The van der Waals surface area contributed by atoms with E-state index in [4.69, 9.17) is 0 Å². The van der Waals surface area contributed by atoms with Gasteiger partial charge in [-0.25, -0.2) is 9.59 Å². The van der Waals surface area contributed by atoms with Crippen molar-refractivity contribution in [2.24, 2.45) is 4.99 Å². The van der Waals surface area contributed by atoms with Gasteiger partial charge in [0.05, 0.1) is 0 Å². The number of amidine groups is 1. The Morgan fingerprint density at radius 2 is 1.95 bits per heavy atom. The Morgan fingerprint density at radius 3 is 2.45 bits per heavy atom. The summed E-state index contributed by atoms with van der Waals surface area (Å²) < 4.78 is 0. The second kappa shape index (κ2) is 8.89. The molecule has 0 aromatic heterocycles. The maximum Gasteiger partial charge on any atom is 0.345 e. The number of thioether (sulfide) groups is 1. The van der Waals surface area contributed by atoms with Crippen molar-refractivity contribution in [2.45, 2.75) is 0 Å². The molecule has 0 fully saturated rings. The standard InChI is InChI=1S/C15H20N4O2S/c1-5-11-19(15(22-4)17-13(20)18(2)3)14(21)16-12-9-7-6-8-10-12/h5-10H,1,11H2,2-4H3,(H,16,21). The summed E-state index contributed by atoms with van der Waals surface area (Å²) in [5.74, 6) is 0. The number of nitrogens with zero attached hydrogens (tertiary/aromatic N) is 3. The van der Waals surface area contributed by atoms with Gasteiger partial charge >= 0.3 is 12.1 Å². The van der Waals surface area contributed by atoms with E-state index in [0.717, 1.165) is 0 Å². The maximum absolute atomic E-state index is 12.4. The average Bonchev–Trinajstić information content (AvgIpc) is 2.51. The van der Waals surface area contributed by atoms with Crippen LogP contribution in [0, 0.1) is 0 Å². The largest absolute Gasteiger partial charge is 0.345 e. The Kier molecular flexibility index (Phi) is 7.18. The molecule has 0 atom stereocenters. The van der Waals surface area contributed by atoms with E-state index in [2.05, 4.69) is 16.9 Å². The molecule has 1 aromatic carbocycles. The van der Waals surface area contributed by atoms with E-state index in [1.165, 1.54) is 21.6 Å². The summed E-state index contributed by atoms with van der Waals surface area (Å²) in [6, 6.07) is 8.29. The van der Waals surface area contributed by atoms with Crippen molar-refractivity contribution in [3.05, 3.63) is 43.0 Å². The van der Waals surface area contributed by atoms with Gasteiger partial charge in [-0.3, -0.25) is 4.90 Å². The Hall–Kier alpha value is -2.28. The highest BCUT2D eigenvalue weighted by Crippen LogP contribution is 2.11. The normalized spacial score (nSPS) is 10.8. The van der Waals surface area contributed by atoms with E-state index in [9.17, 15) is 9.59 Å². The lowest BCUT2D eigenvalue weighted by atomic mass is 10.3. The molecule has 0 spiro atoms. The van der Waals surface area contributed by atoms with Crippen LogP contribution in [-0.4, -0.2) is 53.9 Å². The van der Waals surface area contributed by atoms with Crippen LogP contribution in [0.1, 0.15) is 0 Å². The Labute approximate surface area is 134 Å². The summed E-state index contributed by atoms with van der Waals surface area (Å²) in [7, 11) is 3.21. The number of aliphatic imine (C=N–C) groups is 1. The van der Waals surface area contributed by atoms with Gasteiger partial charge in [-0.1, -0.05) is 36.0 Å². The Morgan fingerprint density at radius 1 is 1.32 bits per heavy atom. The fourth-order valence-corrected chi connectivity index (χ4v) is 2.03. The first-order valence-corrected chi connectivity index (χ1v) is 7.80. The molecule has 4 amide bonds. The molecule has 0 saturated carbocycles. The predicted octanol–water partition coefficient (Wildman–Crippen LogP) is 3.11. The molecule has 118 valence electrons. The summed E-state index contributed by atoms with van der Waals surface area (Å²) in [5.41, 5.74) is 0.668. The molecule has 0 unspecified atom stereocenters. The quantitative estimate of drug-likeness (QED) is 0.529. The van der Waals surface area contributed by atoms with Crippen LogP contribution in [0.25, 0.3) is 0 Å². The monoisotopic (exact) mass is 320 g/mol. The van der Waals surface area contributed by atoms with E-state index >= 15 is 0 Å². The first-order valence-electron chi connectivity index (χ1n) is 6.58. The highest BCUT2D eigenvalue weighted by molar-refractivity contribution is 8.13. The second-order valence-electron chi connectivity index (χ2n) is 4.47. The lowest BCUT2D eigenvalue weighted by Gasteiger charge is -2.22. The molecule has 22 heavy (non-hydrogen) atoms. The molecular weight excluding hydrogens is 300 g/mol. The number of nitrogens with one attached hydrogen (secondary N) is 1. The molecule has 1 N–H and O–H groups in total. The fourth-order valence-electron chi connectivity index (χ4n) is 1.49. The van der Waals surface area contributed by atoms with Gasteiger partial charge in [0.1, 0.15) is 0 Å². The molecule has 0 radical (unpaired) electrons. The van der Waals surface area contributed by atoms with Crippen LogP contribution < -0.4 is 5.32 Å². The first-order chi connectivity index (χ1) is 10.5. The molecule has 0 aliphatic rings. The number of carbonyl (C=O) groups is 2. The van der Waals surface area contributed by atoms with Gasteiger partial charge in [-0.15, -0.1) is 6.58 Å². The lowest BCUT2D eigenvalue weighted by Crippen LogP contribution is -2.39. The minimum absolute atomic E-state index is 0.249. The van der Waals surface area contributed by atoms with Gasteiger partial charge < -0.3 is 10.2 Å². The van der Waals surface area contributed by atoms with Crippen LogP contribution in [0.2, 0.25) is 0 Å². The number of para-hydroxylation sites is 1. The van der Waals surface area contributed by atoms with E-state index < -0.39 is 6.03 Å². The summed E-state index contributed by atoms with van der Waals surface area (Å²) in [6.07, 6.45) is 3.34. The van der Waals surface area contributed by atoms with Gasteiger partial charge in [0.15, 0.2) is 5.17 Å². The topological polar surface area (TPSA) is 65.0 Å². The number of benzene rings is 1. The lowest BCUT2D eigenvalue weighted by molar-refractivity contribution is 0.226. The van der Waals surface area contributed by atoms with Gasteiger partial charge in [0, 0.05) is 26.3 Å². The van der Waals surface area contributed by atoms with Crippen LogP contribution in [-0.2, 0) is 0 Å². The van der Waals surface area contributed by atoms with Crippen LogP contribution in [0.5, 0.6) is 0 Å². The number of urea groups is 2. The van der Waals surface area contributed by atoms with Crippen LogP contribution >= 0.6 is 11.8 Å². The van der Waals surface area contributed by atoms with Gasteiger partial charge in [0.2, 0.25) is 0 Å². The van der Waals surface area contributed by atoms with Crippen LogP contribution in [0.15, 0.2) is 48.0 Å². The van der Waals surface area contributed by atoms with Crippen molar-refractivity contribution in [2.75, 3.05) is 32.2 Å². The Bertz CT molecular complexity index is 558. The molecule has 7 heteroatoms. The molecule has 0 saturated heterocycles. The van der Waals surface area contributed by atoms with Crippen molar-refractivity contribution in [1.29, 1.82) is 0 Å². The molecule has 0 heterocycles. The Balaban J connectivity index is 2.97. The van der Waals surface area contributed by atoms with Crippen molar-refractivity contribution >= 4 is 34.7 Å². The molecule has 1 rings (SSSR count). The highest BCUT2D eigenvalue weighted by Gasteiger charge is 2.19. The van der Waals surface area contributed by atoms with Crippen molar-refractivity contribution in [3.63, 3.8) is 0 Å². The third-order valence-corrected chi connectivity index (χ3v) is 3.25. The summed E-state index contributed by atoms with van der Waals surface area (Å²) in [6.45, 7) is 3.89. The highest BCUT2D eigenvalue weighted by atomic mass is 32.2. The minimum Gasteiger partial charge on any atom is -0.329 e. The van der Waals surface area contributed by atoms with Crippen LogP contribution in [0.4, 0.5) is 15.3 Å². The second-order valence-corrected chi connectivity index (χ2v) is 5.24. The molecule has 0 bridgehead atoms. The third kappa shape index (κ3) is 5.25. The SMILES string of the molecule is C=CCN(C(=O)Nc1ccccc1)C(=NC(=O)N(C)C)SC. The predicted molar refractivity (Wildman–Crippen MR) is 92.4 cm³/mol. The van der Waals surface area contributed by atoms with E-state index in [1.54, 1.807) is 38.6 Å². The summed E-state index contributed by atoms with van der Waals surface area (Å²) in [4.78, 5) is 30.8. The molecule has 1 aromatic rings. The van der Waals surface area contributed by atoms with Crippen molar-refractivity contribution < 1.29 is 9.59 Å². The number of rotatable bonds is 3. The minimum atomic E-state index is -0.425. The zero-order valence-corrected chi connectivity index (χ0v) is 13.8. The number of hydrogen-bond acceptors (Lipinski definition) is 3. The van der Waals surface area contributed by atoms with E-state index in [0.29, 0.717) is 10.9 Å². The van der Waals surface area contributed by atoms with Crippen molar-refractivity contribution in [3.8, 4) is 0 Å². The number of carbonyl (C=O) groups excluding carboxylic acids is 2. The summed E-state index contributed by atoms with van der Waals surface area (Å²) >= 11 is 1.22. The van der Waals surface area contributed by atoms with E-state index in [-0.39, 0.29) is 12.6 Å².